The third-order valence-corrected chi connectivity index (χ3v) is 14.2. The molecule has 8 atom stereocenters. The van der Waals surface area contributed by atoms with Gasteiger partial charge in [-0.05, 0) is 116 Å². The molecule has 2 saturated heterocycles. The molecule has 2 amide bonds. The number of nitrogens with one attached hydrogen (secondary N) is 5. The molecule has 2 aliphatic heterocycles. The Kier molecular flexibility index (Phi) is 16.8. The Morgan fingerprint density at radius 3 is 1.38 bits per heavy atom. The van der Waals surface area contributed by atoms with Gasteiger partial charge in [0.25, 0.3) is 11.8 Å². The Balaban J connectivity index is 0.00000860. The zero-order valence-electron chi connectivity index (χ0n) is 46.1. The Bertz CT molecular complexity index is 3490. The molecule has 9 N–H and O–H groups in total. The molecule has 2 unspecified atom stereocenters. The summed E-state index contributed by atoms with van der Waals surface area (Å²) in [6, 6.07) is 11.8. The molecule has 0 bridgehead atoms. The molecule has 9 rings (SSSR count). The molecule has 2 aromatic carbocycles. The summed E-state index contributed by atoms with van der Waals surface area (Å²) in [6.07, 6.45) is -9.34. The fourth-order valence-corrected chi connectivity index (χ4v) is 10.0. The van der Waals surface area contributed by atoms with Gasteiger partial charge in [-0.1, -0.05) is 0 Å². The number of amides is 2. The number of methoxy groups -OCH3 is 2. The SMILES string of the molecule is CO[C@@H]1[C@@H](OC(=O)c2ccc(C)[nH]2)[C@@H](O)C(Oc2ccc3c(=O)c(NC(=O)c4[nH]cc(C(=O)Nc5c(O)oc6c(C)c(OC7OC(C)(C)[C@@H](OC)[C@H](OC(=O)c8ccc(C)[nH]8)[C@@H]7O)ccc6c5=O)c4C)c(O)oc3c2C)OC1(C)C.[Na+]. The molecule has 0 spiro atoms. The maximum absolute atomic E-state index is 13.9. The van der Waals surface area contributed by atoms with E-state index in [0.29, 0.717) is 11.4 Å². The fraction of sp³-hybridized carbons (Fsp3) is 0.382. The van der Waals surface area contributed by atoms with Crippen LogP contribution in [0.15, 0.2) is 73.2 Å². The van der Waals surface area contributed by atoms with E-state index in [0.717, 1.165) is 6.20 Å². The molecule has 25 nitrogen and oxygen atoms in total. The minimum Gasteiger partial charge on any atom is -0.479 e. The number of aromatic amines is 3. The van der Waals surface area contributed by atoms with Gasteiger partial charge in [0.15, 0.2) is 35.8 Å². The average Bonchev–Trinajstić information content (AvgIpc) is 4.18. The number of hydrogen-bond acceptors (Lipinski definition) is 20. The first-order valence-electron chi connectivity index (χ1n) is 25.0. The van der Waals surface area contributed by atoms with Gasteiger partial charge in [0.2, 0.25) is 23.4 Å². The second kappa shape index (κ2) is 22.8. The van der Waals surface area contributed by atoms with Crippen molar-refractivity contribution in [3.63, 3.8) is 0 Å². The average molecular weight is 1130 g/mol. The number of carbonyl (C=O) groups is 4. The van der Waals surface area contributed by atoms with Gasteiger partial charge >= 0.3 is 53.4 Å². The summed E-state index contributed by atoms with van der Waals surface area (Å²) in [7, 11) is 2.76. The number of esters is 2. The molecule has 5 aromatic heterocycles. The molecule has 0 radical (unpaired) electrons. The number of aliphatic hydroxyl groups excluding tert-OH is 2. The van der Waals surface area contributed by atoms with E-state index in [1.807, 2.05) is 0 Å². The van der Waals surface area contributed by atoms with Crippen LogP contribution >= 0.6 is 0 Å². The van der Waals surface area contributed by atoms with Crippen molar-refractivity contribution in [1.29, 1.82) is 0 Å². The third-order valence-electron chi connectivity index (χ3n) is 14.2. The van der Waals surface area contributed by atoms with Crippen molar-refractivity contribution in [3.8, 4) is 23.4 Å². The van der Waals surface area contributed by atoms with E-state index in [1.165, 1.54) is 71.4 Å². The molecule has 7 heterocycles. The molecule has 424 valence electrons. The minimum absolute atomic E-state index is 0. The molecule has 26 heteroatoms. The van der Waals surface area contributed by atoms with E-state index >= 15 is 0 Å². The van der Waals surface area contributed by atoms with Crippen LogP contribution in [-0.2, 0) is 28.4 Å². The smallest absolute Gasteiger partial charge is 0.479 e. The Labute approximate surface area is 482 Å². The summed E-state index contributed by atoms with van der Waals surface area (Å²) in [5, 5.41) is 49.5. The van der Waals surface area contributed by atoms with Crippen molar-refractivity contribution >= 4 is 57.1 Å². The summed E-state index contributed by atoms with van der Waals surface area (Å²) in [6.45, 7) is 14.6. The van der Waals surface area contributed by atoms with Crippen molar-refractivity contribution in [1.82, 2.24) is 15.0 Å². The van der Waals surface area contributed by atoms with E-state index in [-0.39, 0.29) is 102 Å². The Morgan fingerprint density at radius 1 is 0.593 bits per heavy atom. The number of carbonyl (C=O) groups excluding carboxylic acids is 4. The van der Waals surface area contributed by atoms with Crippen LogP contribution in [0.3, 0.4) is 0 Å². The number of aromatic nitrogens is 3. The van der Waals surface area contributed by atoms with Gasteiger partial charge in [-0.25, -0.2) is 9.59 Å². The van der Waals surface area contributed by atoms with Crippen molar-refractivity contribution < 1.29 is 116 Å². The second-order valence-electron chi connectivity index (χ2n) is 20.5. The summed E-state index contributed by atoms with van der Waals surface area (Å²) >= 11 is 0. The maximum atomic E-state index is 13.9. The van der Waals surface area contributed by atoms with Crippen LogP contribution in [0.4, 0.5) is 11.4 Å². The van der Waals surface area contributed by atoms with E-state index in [1.54, 1.807) is 53.7 Å². The number of hydrogen-bond donors (Lipinski definition) is 9. The first-order chi connectivity index (χ1) is 37.7. The first kappa shape index (κ1) is 59.7. The van der Waals surface area contributed by atoms with Crippen LogP contribution in [0.1, 0.15) is 97.6 Å². The molecule has 81 heavy (non-hydrogen) atoms. The van der Waals surface area contributed by atoms with Crippen molar-refractivity contribution in [2.24, 2.45) is 0 Å². The quantitative estimate of drug-likeness (QED) is 0.0558. The molecule has 2 aliphatic rings. The predicted octanol–water partition coefficient (Wildman–Crippen LogP) is 2.58. The van der Waals surface area contributed by atoms with Crippen molar-refractivity contribution in [2.75, 3.05) is 24.9 Å². The zero-order chi connectivity index (χ0) is 58.0. The monoisotopic (exact) mass is 1130 g/mol. The van der Waals surface area contributed by atoms with Crippen LogP contribution in [0.25, 0.3) is 21.9 Å². The fourth-order valence-electron chi connectivity index (χ4n) is 10.0. The van der Waals surface area contributed by atoms with Gasteiger partial charge in [0.1, 0.15) is 52.0 Å². The topological polar surface area (TPSA) is 355 Å². The van der Waals surface area contributed by atoms with Crippen LogP contribution < -0.4 is 60.5 Å². The summed E-state index contributed by atoms with van der Waals surface area (Å²) in [4.78, 5) is 89.8. The minimum atomic E-state index is -1.59. The van der Waals surface area contributed by atoms with Gasteiger partial charge in [0, 0.05) is 42.9 Å². The number of aliphatic hydroxyl groups is 2. The second-order valence-corrected chi connectivity index (χ2v) is 20.5. The van der Waals surface area contributed by atoms with E-state index in [9.17, 15) is 49.2 Å². The molecule has 0 aliphatic carbocycles. The summed E-state index contributed by atoms with van der Waals surface area (Å²) < 4.78 is 58.5. The summed E-state index contributed by atoms with van der Waals surface area (Å²) in [5.74, 6) is -5.33. The number of rotatable bonds is 14. The van der Waals surface area contributed by atoms with E-state index in [4.69, 9.17) is 46.7 Å². The zero-order valence-corrected chi connectivity index (χ0v) is 48.1. The van der Waals surface area contributed by atoms with Crippen LogP contribution in [0.2, 0.25) is 0 Å². The van der Waals surface area contributed by atoms with Gasteiger partial charge < -0.3 is 92.7 Å². The number of aryl methyl sites for hydroxylation is 4. The van der Waals surface area contributed by atoms with E-state index < -0.39 is 118 Å². The molecular weight excluding hydrogens is 1070 g/mol. The number of H-pyrrole nitrogens is 3. The van der Waals surface area contributed by atoms with Crippen LogP contribution in [0.5, 0.6) is 23.4 Å². The number of aromatic hydroxyl groups is 2. The Morgan fingerprint density at radius 2 is 1.00 bits per heavy atom. The first-order valence-corrected chi connectivity index (χ1v) is 25.0. The maximum Gasteiger partial charge on any atom is 1.00 e. The van der Waals surface area contributed by atoms with Gasteiger partial charge in [-0.15, -0.1) is 0 Å². The molecule has 7 aromatic rings. The standard InChI is InChI=1S/C55H59N5O20.Na/c1-21-12-16-29(57-21)48(67)77-42-38(63)52(79-54(6,7)44(42)71-10)73-31-18-14-26-36(61)34(50(69)75-40(26)24(31)4)59-46(65)28-20-56-33(23(28)3)47(66)60-35-37(62)27-15-19-32(25(5)41(27)76-51(35)70)74-53-39(64)43(45(72-11)55(8,9)80-53)78-49(68)30-17-13-22(2)58-30;/h12-20,38-39,42-45,52-53,56-58,63-64,69-70H,1-11H3,(H,59,65)(H,60,66);/q;+1/t38-,39+,42+,43-,44-,45+,52?,53?;/m0./s1. The molecule has 2 fully saturated rings. The van der Waals surface area contributed by atoms with Gasteiger partial charge in [-0.3, -0.25) is 19.2 Å². The van der Waals surface area contributed by atoms with Crippen molar-refractivity contribution in [2.45, 2.75) is 123 Å². The third kappa shape index (κ3) is 11.2. The van der Waals surface area contributed by atoms with Crippen LogP contribution in [0, 0.1) is 34.6 Å². The summed E-state index contributed by atoms with van der Waals surface area (Å²) in [5.41, 5.74) is -3.98. The normalized spacial score (nSPS) is 22.1. The Hall–Kier alpha value is -7.46. The largest absolute Gasteiger partial charge is 1.00 e. The van der Waals surface area contributed by atoms with Crippen LogP contribution in [-0.4, -0.2) is 134 Å². The number of anilines is 2. The van der Waals surface area contributed by atoms with Gasteiger partial charge in [0.05, 0.1) is 27.5 Å². The van der Waals surface area contributed by atoms with Crippen molar-refractivity contribution in [3.05, 3.63) is 126 Å². The number of fused-ring (bicyclic) bond motifs is 2. The number of ether oxygens (including phenoxy) is 8. The molecular formula is C55H59N5NaO20+. The van der Waals surface area contributed by atoms with E-state index in [2.05, 4.69) is 25.6 Å². The number of benzene rings is 2. The molecule has 0 saturated carbocycles. The van der Waals surface area contributed by atoms with Gasteiger partial charge in [-0.2, -0.15) is 0 Å². The predicted molar refractivity (Wildman–Crippen MR) is 281 cm³/mol.